The summed E-state index contributed by atoms with van der Waals surface area (Å²) in [6.07, 6.45) is 2.22. The molecule has 1 N–H and O–H groups in total. The number of carbonyl (C=O) groups excluding carboxylic acids is 1. The van der Waals surface area contributed by atoms with Gasteiger partial charge in [-0.2, -0.15) is 0 Å². The second kappa shape index (κ2) is 4.61. The number of aryl methyl sites for hydroxylation is 1. The number of nitrogens with one attached hydrogen (secondary N) is 1. The van der Waals surface area contributed by atoms with E-state index in [1.165, 1.54) is 0 Å². The van der Waals surface area contributed by atoms with Crippen LogP contribution in [0.5, 0.6) is 5.75 Å². The Balaban J connectivity index is 2.10. The third-order valence-electron chi connectivity index (χ3n) is 3.80. The number of methoxy groups -OCH3 is 1. The summed E-state index contributed by atoms with van der Waals surface area (Å²) in [7, 11) is 1.64. The van der Waals surface area contributed by atoms with E-state index in [1.54, 1.807) is 7.11 Å². The molecule has 1 aliphatic rings. The standard InChI is InChI=1S/C15H18N2O2/c1-10-14(15(18)17-7-3-4-8-17)12-9-11(19-2)5-6-13(12)16-10/h5-6,9,16H,3-4,7-8H2,1-2H3. The zero-order chi connectivity index (χ0) is 13.4. The summed E-state index contributed by atoms with van der Waals surface area (Å²) in [4.78, 5) is 17.8. The second-order valence-electron chi connectivity index (χ2n) is 5.04. The quantitative estimate of drug-likeness (QED) is 0.900. The number of aromatic amines is 1. The molecule has 1 aliphatic heterocycles. The summed E-state index contributed by atoms with van der Waals surface area (Å²) in [6, 6.07) is 5.80. The van der Waals surface area contributed by atoms with E-state index in [0.29, 0.717) is 0 Å². The van der Waals surface area contributed by atoms with Crippen LogP contribution in [0.4, 0.5) is 0 Å². The van der Waals surface area contributed by atoms with E-state index in [2.05, 4.69) is 4.98 Å². The lowest BCUT2D eigenvalue weighted by atomic mass is 10.1. The molecule has 1 aromatic carbocycles. The summed E-state index contributed by atoms with van der Waals surface area (Å²) in [5.41, 5.74) is 2.71. The van der Waals surface area contributed by atoms with Gasteiger partial charge < -0.3 is 14.6 Å². The number of hydrogen-bond donors (Lipinski definition) is 1. The predicted molar refractivity (Wildman–Crippen MR) is 74.7 cm³/mol. The number of benzene rings is 1. The summed E-state index contributed by atoms with van der Waals surface area (Å²) in [5, 5.41) is 0.953. The minimum absolute atomic E-state index is 0.134. The van der Waals surface area contributed by atoms with Crippen LogP contribution in [-0.2, 0) is 0 Å². The summed E-state index contributed by atoms with van der Waals surface area (Å²) in [5.74, 6) is 0.913. The molecule has 0 unspecified atom stereocenters. The molecule has 3 rings (SSSR count). The molecule has 2 heterocycles. The molecule has 100 valence electrons. The summed E-state index contributed by atoms with van der Waals surface area (Å²) < 4.78 is 5.25. The number of carbonyl (C=O) groups is 1. The molecule has 0 radical (unpaired) electrons. The van der Waals surface area contributed by atoms with Gasteiger partial charge >= 0.3 is 0 Å². The second-order valence-corrected chi connectivity index (χ2v) is 5.04. The lowest BCUT2D eigenvalue weighted by molar-refractivity contribution is 0.0794. The number of nitrogens with zero attached hydrogens (tertiary/aromatic N) is 1. The molecule has 1 amide bonds. The molecule has 0 saturated carbocycles. The van der Waals surface area contributed by atoms with Crippen molar-refractivity contribution in [2.24, 2.45) is 0 Å². The van der Waals surface area contributed by atoms with Crippen molar-refractivity contribution in [3.8, 4) is 5.75 Å². The van der Waals surface area contributed by atoms with Crippen LogP contribution in [0, 0.1) is 6.92 Å². The fourth-order valence-corrected chi connectivity index (χ4v) is 2.79. The first-order valence-corrected chi connectivity index (χ1v) is 6.66. The Bertz CT molecular complexity index is 624. The van der Waals surface area contributed by atoms with Crippen molar-refractivity contribution in [1.82, 2.24) is 9.88 Å². The lowest BCUT2D eigenvalue weighted by Crippen LogP contribution is -2.27. The minimum atomic E-state index is 0.134. The van der Waals surface area contributed by atoms with Gasteiger partial charge in [0.25, 0.3) is 5.91 Å². The number of fused-ring (bicyclic) bond motifs is 1. The average Bonchev–Trinajstić information content (AvgIpc) is 3.03. The Labute approximate surface area is 112 Å². The smallest absolute Gasteiger partial charge is 0.256 e. The van der Waals surface area contributed by atoms with Gasteiger partial charge in [-0.1, -0.05) is 0 Å². The van der Waals surface area contributed by atoms with Crippen LogP contribution in [0.2, 0.25) is 0 Å². The van der Waals surface area contributed by atoms with Crippen molar-refractivity contribution in [2.75, 3.05) is 20.2 Å². The molecule has 0 spiro atoms. The molecule has 1 fully saturated rings. The maximum Gasteiger partial charge on any atom is 0.256 e. The third kappa shape index (κ3) is 1.97. The normalized spacial score (nSPS) is 15.2. The molecule has 0 bridgehead atoms. The molecule has 0 aliphatic carbocycles. The molecule has 4 nitrogen and oxygen atoms in total. The number of H-pyrrole nitrogens is 1. The minimum Gasteiger partial charge on any atom is -0.497 e. The fourth-order valence-electron chi connectivity index (χ4n) is 2.79. The van der Waals surface area contributed by atoms with E-state index in [1.807, 2.05) is 30.0 Å². The highest BCUT2D eigenvalue weighted by molar-refractivity contribution is 6.08. The Hall–Kier alpha value is -1.97. The summed E-state index contributed by atoms with van der Waals surface area (Å²) >= 11 is 0. The highest BCUT2D eigenvalue weighted by Gasteiger charge is 2.24. The number of rotatable bonds is 2. The van der Waals surface area contributed by atoms with Gasteiger partial charge in [-0.3, -0.25) is 4.79 Å². The van der Waals surface area contributed by atoms with Gasteiger partial charge in [-0.25, -0.2) is 0 Å². The molecule has 1 saturated heterocycles. The number of likely N-dealkylation sites (tertiary alicyclic amines) is 1. The Morgan fingerprint density at radius 3 is 2.74 bits per heavy atom. The summed E-state index contributed by atoms with van der Waals surface area (Å²) in [6.45, 7) is 3.69. The van der Waals surface area contributed by atoms with Crippen molar-refractivity contribution in [1.29, 1.82) is 0 Å². The van der Waals surface area contributed by atoms with Gasteiger partial charge in [0.1, 0.15) is 5.75 Å². The maximum absolute atomic E-state index is 12.6. The maximum atomic E-state index is 12.6. The molecule has 4 heteroatoms. The van der Waals surface area contributed by atoms with E-state index in [-0.39, 0.29) is 5.91 Å². The van der Waals surface area contributed by atoms with Crippen LogP contribution in [0.15, 0.2) is 18.2 Å². The van der Waals surface area contributed by atoms with Crippen molar-refractivity contribution in [2.45, 2.75) is 19.8 Å². The number of ether oxygens (including phenoxy) is 1. The molecular weight excluding hydrogens is 240 g/mol. The zero-order valence-electron chi connectivity index (χ0n) is 11.3. The van der Waals surface area contributed by atoms with Gasteiger partial charge in [0.05, 0.1) is 12.7 Å². The monoisotopic (exact) mass is 258 g/mol. The van der Waals surface area contributed by atoms with Crippen LogP contribution >= 0.6 is 0 Å². The highest BCUT2D eigenvalue weighted by atomic mass is 16.5. The SMILES string of the molecule is COc1ccc2[nH]c(C)c(C(=O)N3CCCC3)c2c1. The van der Waals surface area contributed by atoms with Gasteiger partial charge in [0, 0.05) is 29.7 Å². The molecule has 0 atom stereocenters. The van der Waals surface area contributed by atoms with E-state index >= 15 is 0 Å². The van der Waals surface area contributed by atoms with Crippen LogP contribution in [0.3, 0.4) is 0 Å². The molecular formula is C15H18N2O2. The first-order chi connectivity index (χ1) is 9.20. The first-order valence-electron chi connectivity index (χ1n) is 6.66. The Morgan fingerprint density at radius 1 is 1.32 bits per heavy atom. The number of amides is 1. The highest BCUT2D eigenvalue weighted by Crippen LogP contribution is 2.28. The van der Waals surface area contributed by atoms with E-state index < -0.39 is 0 Å². The predicted octanol–water partition coefficient (Wildman–Crippen LogP) is 2.72. The van der Waals surface area contributed by atoms with Gasteiger partial charge in [0.2, 0.25) is 0 Å². The Kier molecular flexibility index (Phi) is 2.93. The van der Waals surface area contributed by atoms with Crippen molar-refractivity contribution in [3.05, 3.63) is 29.5 Å². The van der Waals surface area contributed by atoms with E-state index in [0.717, 1.165) is 53.8 Å². The first kappa shape index (κ1) is 12.1. The van der Waals surface area contributed by atoms with Crippen LogP contribution < -0.4 is 4.74 Å². The van der Waals surface area contributed by atoms with Crippen molar-refractivity contribution < 1.29 is 9.53 Å². The van der Waals surface area contributed by atoms with Crippen molar-refractivity contribution >= 4 is 16.8 Å². The van der Waals surface area contributed by atoms with Gasteiger partial charge in [0.15, 0.2) is 0 Å². The number of hydrogen-bond acceptors (Lipinski definition) is 2. The molecule has 19 heavy (non-hydrogen) atoms. The van der Waals surface area contributed by atoms with Crippen LogP contribution in [0.1, 0.15) is 28.9 Å². The third-order valence-corrected chi connectivity index (χ3v) is 3.80. The molecule has 2 aromatic rings. The lowest BCUT2D eigenvalue weighted by Gasteiger charge is -2.15. The van der Waals surface area contributed by atoms with Crippen LogP contribution in [-0.4, -0.2) is 36.0 Å². The van der Waals surface area contributed by atoms with Crippen LogP contribution in [0.25, 0.3) is 10.9 Å². The topological polar surface area (TPSA) is 45.3 Å². The fraction of sp³-hybridized carbons (Fsp3) is 0.400. The van der Waals surface area contributed by atoms with Gasteiger partial charge in [-0.15, -0.1) is 0 Å². The molecule has 1 aromatic heterocycles. The number of aromatic nitrogens is 1. The zero-order valence-corrected chi connectivity index (χ0v) is 11.3. The Morgan fingerprint density at radius 2 is 2.05 bits per heavy atom. The van der Waals surface area contributed by atoms with Crippen molar-refractivity contribution in [3.63, 3.8) is 0 Å². The van der Waals surface area contributed by atoms with Gasteiger partial charge in [-0.05, 0) is 38.0 Å². The average molecular weight is 258 g/mol. The van der Waals surface area contributed by atoms with E-state index in [9.17, 15) is 4.79 Å². The van der Waals surface area contributed by atoms with E-state index in [4.69, 9.17) is 4.74 Å². The largest absolute Gasteiger partial charge is 0.497 e.